The van der Waals surface area contributed by atoms with E-state index in [-0.39, 0.29) is 5.78 Å². The number of halogens is 1. The summed E-state index contributed by atoms with van der Waals surface area (Å²) in [4.78, 5) is 10.8. The maximum Gasteiger partial charge on any atom is 0.147 e. The van der Waals surface area contributed by atoms with Crippen LogP contribution in [0.15, 0.2) is 23.0 Å². The second kappa shape index (κ2) is 3.56. The zero-order valence-electron chi connectivity index (χ0n) is 5.34. The number of Topliss-reactive ketones (excluding diaryl/α,β-unsaturated/α-hetero) is 1. The van der Waals surface area contributed by atoms with Crippen molar-refractivity contribution in [3.05, 3.63) is 24.2 Å². The van der Waals surface area contributed by atoms with Crippen molar-refractivity contribution in [1.29, 1.82) is 0 Å². The van der Waals surface area contributed by atoms with Crippen LogP contribution in [0.2, 0.25) is 0 Å². The van der Waals surface area contributed by atoms with Gasteiger partial charge in [0, 0.05) is 6.42 Å². The molecule has 0 saturated heterocycles. The quantitative estimate of drug-likeness (QED) is 0.701. The van der Waals surface area contributed by atoms with Gasteiger partial charge in [-0.15, -0.1) is 0 Å². The summed E-state index contributed by atoms with van der Waals surface area (Å²) in [6, 6.07) is 1.79. The first-order valence-electron chi connectivity index (χ1n) is 2.91. The summed E-state index contributed by atoms with van der Waals surface area (Å²) >= 11 is 3.08. The van der Waals surface area contributed by atoms with E-state index >= 15 is 0 Å². The molecule has 1 aromatic rings. The molecule has 0 aliphatic heterocycles. The number of hydrogen-bond donors (Lipinski definition) is 0. The van der Waals surface area contributed by atoms with Crippen LogP contribution in [-0.4, -0.2) is 11.1 Å². The average Bonchev–Trinajstić information content (AvgIpc) is 2.40. The number of carbonyl (C=O) groups excluding carboxylic acids is 1. The number of carbonyl (C=O) groups is 1. The molecule has 0 saturated carbocycles. The molecule has 1 rings (SSSR count). The van der Waals surface area contributed by atoms with Crippen LogP contribution < -0.4 is 0 Å². The van der Waals surface area contributed by atoms with Gasteiger partial charge in [-0.2, -0.15) is 0 Å². The monoisotopic (exact) mass is 202 g/mol. The first-order chi connectivity index (χ1) is 4.83. The predicted octanol–water partition coefficient (Wildman–Crippen LogP) is 1.79. The van der Waals surface area contributed by atoms with Gasteiger partial charge >= 0.3 is 0 Å². The molecule has 0 N–H and O–H groups in total. The third kappa shape index (κ3) is 1.99. The minimum atomic E-state index is 0.168. The summed E-state index contributed by atoms with van der Waals surface area (Å²) < 4.78 is 4.79. The summed E-state index contributed by atoms with van der Waals surface area (Å²) in [7, 11) is 0. The number of ketones is 1. The minimum absolute atomic E-state index is 0.168. The lowest BCUT2D eigenvalue weighted by molar-refractivity contribution is -0.115. The van der Waals surface area contributed by atoms with Gasteiger partial charge in [-0.3, -0.25) is 4.79 Å². The largest absolute Gasteiger partial charge is 0.472 e. The maximum absolute atomic E-state index is 10.8. The second-order valence-corrected chi connectivity index (χ2v) is 2.54. The van der Waals surface area contributed by atoms with Crippen molar-refractivity contribution >= 4 is 21.7 Å². The van der Waals surface area contributed by atoms with E-state index in [4.69, 9.17) is 4.42 Å². The van der Waals surface area contributed by atoms with Gasteiger partial charge in [0.05, 0.1) is 17.9 Å². The molecule has 10 heavy (non-hydrogen) atoms. The summed E-state index contributed by atoms with van der Waals surface area (Å²) in [5.74, 6) is 0.168. The Morgan fingerprint density at radius 1 is 1.70 bits per heavy atom. The second-order valence-electron chi connectivity index (χ2n) is 1.98. The van der Waals surface area contributed by atoms with E-state index in [0.717, 1.165) is 5.56 Å². The van der Waals surface area contributed by atoms with Crippen molar-refractivity contribution in [2.45, 2.75) is 6.42 Å². The third-order valence-electron chi connectivity index (χ3n) is 1.13. The van der Waals surface area contributed by atoms with Gasteiger partial charge in [0.25, 0.3) is 0 Å². The average molecular weight is 203 g/mol. The molecular formula is C7H7BrO2. The number of rotatable bonds is 3. The molecule has 0 spiro atoms. The number of furan rings is 1. The van der Waals surface area contributed by atoms with E-state index in [2.05, 4.69) is 15.9 Å². The van der Waals surface area contributed by atoms with E-state index in [9.17, 15) is 4.79 Å². The van der Waals surface area contributed by atoms with Crippen LogP contribution in [0.4, 0.5) is 0 Å². The van der Waals surface area contributed by atoms with Gasteiger partial charge in [0.1, 0.15) is 5.78 Å². The first-order valence-corrected chi connectivity index (χ1v) is 4.04. The first kappa shape index (κ1) is 7.54. The van der Waals surface area contributed by atoms with Crippen molar-refractivity contribution in [2.24, 2.45) is 0 Å². The molecular weight excluding hydrogens is 196 g/mol. The van der Waals surface area contributed by atoms with Crippen LogP contribution >= 0.6 is 15.9 Å². The molecule has 54 valence electrons. The standard InChI is InChI=1S/C7H7BrO2/c8-4-7(9)3-6-1-2-10-5-6/h1-2,5H,3-4H2. The van der Waals surface area contributed by atoms with Crippen LogP contribution in [0.3, 0.4) is 0 Å². The van der Waals surface area contributed by atoms with Crippen molar-refractivity contribution in [3.8, 4) is 0 Å². The smallest absolute Gasteiger partial charge is 0.147 e. The van der Waals surface area contributed by atoms with Crippen LogP contribution in [0.1, 0.15) is 5.56 Å². The fourth-order valence-corrected chi connectivity index (χ4v) is 0.866. The Hall–Kier alpha value is -0.570. The Morgan fingerprint density at radius 3 is 3.00 bits per heavy atom. The van der Waals surface area contributed by atoms with Crippen LogP contribution in [-0.2, 0) is 11.2 Å². The fraction of sp³-hybridized carbons (Fsp3) is 0.286. The Bertz CT molecular complexity index is 203. The molecule has 0 aliphatic carbocycles. The molecule has 0 aliphatic rings. The zero-order valence-corrected chi connectivity index (χ0v) is 6.93. The molecule has 3 heteroatoms. The van der Waals surface area contributed by atoms with E-state index in [1.807, 2.05) is 0 Å². The van der Waals surface area contributed by atoms with Crippen molar-refractivity contribution in [3.63, 3.8) is 0 Å². The molecule has 1 heterocycles. The highest BCUT2D eigenvalue weighted by Crippen LogP contribution is 2.01. The summed E-state index contributed by atoms with van der Waals surface area (Å²) in [6.45, 7) is 0. The van der Waals surface area contributed by atoms with Crippen molar-refractivity contribution in [1.82, 2.24) is 0 Å². The van der Waals surface area contributed by atoms with Gasteiger partial charge in [0.15, 0.2) is 0 Å². The molecule has 0 unspecified atom stereocenters. The predicted molar refractivity (Wildman–Crippen MR) is 41.2 cm³/mol. The van der Waals surface area contributed by atoms with Gasteiger partial charge in [-0.25, -0.2) is 0 Å². The van der Waals surface area contributed by atoms with Gasteiger partial charge in [-0.05, 0) is 11.6 Å². The lowest BCUT2D eigenvalue weighted by Gasteiger charge is -1.89. The summed E-state index contributed by atoms with van der Waals surface area (Å²) in [5, 5.41) is 0.415. The van der Waals surface area contributed by atoms with Crippen molar-refractivity contribution in [2.75, 3.05) is 5.33 Å². The highest BCUT2D eigenvalue weighted by Gasteiger charge is 2.01. The Morgan fingerprint density at radius 2 is 2.50 bits per heavy atom. The van der Waals surface area contributed by atoms with E-state index in [0.29, 0.717) is 11.8 Å². The topological polar surface area (TPSA) is 30.2 Å². The SMILES string of the molecule is O=C(CBr)Cc1ccoc1. The highest BCUT2D eigenvalue weighted by atomic mass is 79.9. The molecule has 0 radical (unpaired) electrons. The zero-order chi connectivity index (χ0) is 7.40. The third-order valence-corrected chi connectivity index (χ3v) is 1.76. The molecule has 1 aromatic heterocycles. The Kier molecular flexibility index (Phi) is 2.68. The van der Waals surface area contributed by atoms with Gasteiger partial charge < -0.3 is 4.42 Å². The van der Waals surface area contributed by atoms with Crippen molar-refractivity contribution < 1.29 is 9.21 Å². The van der Waals surface area contributed by atoms with Gasteiger partial charge in [-0.1, -0.05) is 15.9 Å². The van der Waals surface area contributed by atoms with Crippen LogP contribution in [0, 0.1) is 0 Å². The van der Waals surface area contributed by atoms with E-state index < -0.39 is 0 Å². The van der Waals surface area contributed by atoms with E-state index in [1.54, 1.807) is 18.6 Å². The molecule has 2 nitrogen and oxygen atoms in total. The fourth-order valence-electron chi connectivity index (χ4n) is 0.668. The highest BCUT2D eigenvalue weighted by molar-refractivity contribution is 9.09. The van der Waals surface area contributed by atoms with Gasteiger partial charge in [0.2, 0.25) is 0 Å². The molecule has 0 aromatic carbocycles. The summed E-state index contributed by atoms with van der Waals surface area (Å²) in [6.07, 6.45) is 3.61. The molecule has 0 amide bonds. The molecule has 0 bridgehead atoms. The minimum Gasteiger partial charge on any atom is -0.472 e. The maximum atomic E-state index is 10.8. The lowest BCUT2D eigenvalue weighted by atomic mass is 10.2. The molecule has 0 atom stereocenters. The lowest BCUT2D eigenvalue weighted by Crippen LogP contribution is -2.01. The van der Waals surface area contributed by atoms with Crippen LogP contribution in [0.25, 0.3) is 0 Å². The summed E-state index contributed by atoms with van der Waals surface area (Å²) in [5.41, 5.74) is 0.935. The Balaban J connectivity index is 2.48. The normalized spacial score (nSPS) is 9.70. The van der Waals surface area contributed by atoms with E-state index in [1.165, 1.54) is 0 Å². The number of hydrogen-bond acceptors (Lipinski definition) is 2. The number of alkyl halides is 1. The molecule has 0 fully saturated rings. The Labute approximate surface area is 67.3 Å². The van der Waals surface area contributed by atoms with Crippen LogP contribution in [0.5, 0.6) is 0 Å².